The molecule has 1 heterocycles. The molecule has 5 aliphatic rings. The molecular weight excluding hydrogens is 696 g/mol. The number of benzene rings is 1. The Morgan fingerprint density at radius 3 is 2.26 bits per heavy atom. The van der Waals surface area contributed by atoms with E-state index >= 15 is 0 Å². The summed E-state index contributed by atoms with van der Waals surface area (Å²) in [6, 6.07) is 9.42. The highest BCUT2D eigenvalue weighted by atomic mass is 35.5. The van der Waals surface area contributed by atoms with Crippen LogP contribution in [-0.4, -0.2) is 32.5 Å². The molecule has 0 bridgehead atoms. The molecule has 7 nitrogen and oxygen atoms in total. The van der Waals surface area contributed by atoms with Crippen LogP contribution in [0.3, 0.4) is 0 Å². The first-order chi connectivity index (χ1) is 25.1. The summed E-state index contributed by atoms with van der Waals surface area (Å²) in [5.41, 5.74) is 4.61. The molecule has 8 heteroatoms. The van der Waals surface area contributed by atoms with Crippen LogP contribution >= 0.6 is 11.6 Å². The van der Waals surface area contributed by atoms with Gasteiger partial charge in [0.05, 0.1) is 17.5 Å². The van der Waals surface area contributed by atoms with Crippen LogP contribution in [0.15, 0.2) is 46.3 Å². The van der Waals surface area contributed by atoms with Crippen LogP contribution in [0.4, 0.5) is 0 Å². The van der Waals surface area contributed by atoms with E-state index in [1.807, 2.05) is 37.4 Å². The monoisotopic (exact) mass is 760 g/mol. The number of ether oxygens (including phenoxy) is 1. The van der Waals surface area contributed by atoms with Gasteiger partial charge in [-0.25, -0.2) is 4.68 Å². The number of aromatic nitrogens is 2. The van der Waals surface area contributed by atoms with Gasteiger partial charge >= 0.3 is 11.9 Å². The highest BCUT2D eigenvalue weighted by Gasteiger charge is 2.69. The predicted molar refractivity (Wildman–Crippen MR) is 215 cm³/mol. The fraction of sp³-hybridized carbons (Fsp3) is 0.717. The third kappa shape index (κ3) is 5.82. The van der Waals surface area contributed by atoms with Crippen LogP contribution in [0.1, 0.15) is 139 Å². The number of halogens is 1. The van der Waals surface area contributed by atoms with E-state index in [0.717, 1.165) is 49.9 Å². The van der Waals surface area contributed by atoms with Gasteiger partial charge in [0, 0.05) is 29.2 Å². The van der Waals surface area contributed by atoms with Crippen molar-refractivity contribution in [1.29, 1.82) is 0 Å². The topological polar surface area (TPSA) is 90.5 Å². The van der Waals surface area contributed by atoms with Gasteiger partial charge in [0.1, 0.15) is 6.10 Å². The third-order valence-electron chi connectivity index (χ3n) is 17.0. The van der Waals surface area contributed by atoms with E-state index < -0.39 is 17.4 Å². The van der Waals surface area contributed by atoms with Crippen LogP contribution < -0.4 is 5.56 Å². The molecule has 5 aliphatic carbocycles. The Bertz CT molecular complexity index is 1920. The Kier molecular flexibility index (Phi) is 9.59. The molecule has 1 unspecified atom stereocenters. The molecule has 0 aliphatic heterocycles. The number of aliphatic carboxylic acids is 1. The number of allylic oxidation sites excluding steroid dienone is 2. The SMILES string of the molecule is CC(C)C1=C2C3CC[C@@H]4[C@@]5(C)CC[C@H](OC(=O)CC(C)(C)C(=O)O)C(C)(C)[C@@H]5CC[C@@]4(C)[C@]3(C)CC[C@@]2(Cc2cc(=O)n(-c3ccc(Cl)cc3)n2C)CC1. The molecule has 54 heavy (non-hydrogen) atoms. The van der Waals surface area contributed by atoms with Crippen LogP contribution in [-0.2, 0) is 27.8 Å². The van der Waals surface area contributed by atoms with Gasteiger partial charge < -0.3 is 9.84 Å². The summed E-state index contributed by atoms with van der Waals surface area (Å²) < 4.78 is 10.1. The number of carboxylic acid groups (broad SMARTS) is 1. The fourth-order valence-electron chi connectivity index (χ4n) is 13.9. The number of carboxylic acids is 1. The molecule has 7 rings (SSSR count). The number of fused-ring (bicyclic) bond motifs is 7. The molecule has 1 aromatic carbocycles. The first-order valence-electron chi connectivity index (χ1n) is 20.8. The minimum Gasteiger partial charge on any atom is -0.481 e. The van der Waals surface area contributed by atoms with E-state index in [1.54, 1.807) is 29.7 Å². The smallest absolute Gasteiger partial charge is 0.309 e. The molecule has 1 N–H and O–H groups in total. The second-order valence-electron chi connectivity index (χ2n) is 20.7. The first kappa shape index (κ1) is 39.4. The van der Waals surface area contributed by atoms with Gasteiger partial charge in [0.2, 0.25) is 0 Å². The van der Waals surface area contributed by atoms with Gasteiger partial charge in [-0.2, -0.15) is 0 Å². The Balaban J connectivity index is 1.18. The lowest BCUT2D eigenvalue weighted by molar-refractivity contribution is -0.233. The summed E-state index contributed by atoms with van der Waals surface area (Å²) in [6.45, 7) is 20.5. The zero-order valence-electron chi connectivity index (χ0n) is 34.6. The number of carbonyl (C=O) groups excluding carboxylic acids is 1. The molecule has 0 saturated heterocycles. The number of nitrogens with zero attached hydrogens (tertiary/aromatic N) is 2. The van der Waals surface area contributed by atoms with E-state index in [0.29, 0.717) is 28.7 Å². The zero-order chi connectivity index (χ0) is 39.4. The summed E-state index contributed by atoms with van der Waals surface area (Å²) in [6.07, 6.45) is 11.8. The molecule has 4 fully saturated rings. The molecule has 1 aromatic heterocycles. The summed E-state index contributed by atoms with van der Waals surface area (Å²) in [5.74, 6) is 0.677. The van der Waals surface area contributed by atoms with Crippen molar-refractivity contribution in [3.8, 4) is 5.69 Å². The average Bonchev–Trinajstić information content (AvgIpc) is 3.59. The van der Waals surface area contributed by atoms with Crippen LogP contribution in [0.2, 0.25) is 5.02 Å². The molecule has 0 amide bonds. The minimum absolute atomic E-state index is 0.00835. The standard InChI is InChI=1S/C46H65ClN2O5/c1-28(2)32-17-22-46(26-31-25-37(50)49(48(31)10)30-13-11-29(47)12-14-30)24-23-44(8)33(39(32)46)15-16-35-43(7)20-19-36(54-38(51)27-41(3,4)40(52)53)42(5,6)34(43)18-21-45(35,44)9/h11-14,25,28,33-36H,15-24,26-27H2,1-10H3,(H,52,53)/t33?,34-,35+,36-,43-,44+,45+,46+/m0/s1. The van der Waals surface area contributed by atoms with Gasteiger partial charge in [-0.15, -0.1) is 0 Å². The van der Waals surface area contributed by atoms with Crippen molar-refractivity contribution in [3.63, 3.8) is 0 Å². The number of hydrogen-bond donors (Lipinski definition) is 1. The lowest BCUT2D eigenvalue weighted by Gasteiger charge is -2.72. The second kappa shape index (κ2) is 13.1. The number of rotatable bonds is 8. The van der Waals surface area contributed by atoms with Crippen molar-refractivity contribution in [3.05, 3.63) is 62.5 Å². The van der Waals surface area contributed by atoms with Crippen molar-refractivity contribution >= 4 is 23.5 Å². The van der Waals surface area contributed by atoms with Gasteiger partial charge in [0.15, 0.2) is 0 Å². The Hall–Kier alpha value is -2.80. The fourth-order valence-corrected chi connectivity index (χ4v) is 14.0. The van der Waals surface area contributed by atoms with Gasteiger partial charge in [-0.1, -0.05) is 71.2 Å². The van der Waals surface area contributed by atoms with E-state index in [4.69, 9.17) is 16.3 Å². The molecule has 0 radical (unpaired) electrons. The number of carbonyl (C=O) groups is 2. The van der Waals surface area contributed by atoms with Crippen LogP contribution in [0.25, 0.3) is 5.69 Å². The third-order valence-corrected chi connectivity index (χ3v) is 17.3. The number of hydrogen-bond acceptors (Lipinski definition) is 4. The summed E-state index contributed by atoms with van der Waals surface area (Å²) in [7, 11) is 2.04. The first-order valence-corrected chi connectivity index (χ1v) is 21.2. The Morgan fingerprint density at radius 2 is 1.61 bits per heavy atom. The zero-order valence-corrected chi connectivity index (χ0v) is 35.4. The highest BCUT2D eigenvalue weighted by molar-refractivity contribution is 6.30. The van der Waals surface area contributed by atoms with E-state index in [9.17, 15) is 19.5 Å². The van der Waals surface area contributed by atoms with Gasteiger partial charge in [0.25, 0.3) is 5.56 Å². The highest BCUT2D eigenvalue weighted by Crippen LogP contribution is 2.77. The largest absolute Gasteiger partial charge is 0.481 e. The average molecular weight is 761 g/mol. The minimum atomic E-state index is -1.15. The van der Waals surface area contributed by atoms with Crippen molar-refractivity contribution in [1.82, 2.24) is 9.36 Å². The summed E-state index contributed by atoms with van der Waals surface area (Å²) in [4.78, 5) is 38.4. The van der Waals surface area contributed by atoms with Crippen molar-refractivity contribution < 1.29 is 19.4 Å². The quantitative estimate of drug-likeness (QED) is 0.214. The maximum atomic E-state index is 13.5. The molecule has 0 spiro atoms. The maximum absolute atomic E-state index is 13.5. The maximum Gasteiger partial charge on any atom is 0.309 e. The van der Waals surface area contributed by atoms with E-state index in [-0.39, 0.29) is 45.2 Å². The van der Waals surface area contributed by atoms with Crippen molar-refractivity contribution in [2.75, 3.05) is 0 Å². The molecule has 296 valence electrons. The molecule has 8 atom stereocenters. The molecule has 2 aromatic rings. The van der Waals surface area contributed by atoms with Crippen molar-refractivity contribution in [2.45, 2.75) is 145 Å². The van der Waals surface area contributed by atoms with Crippen LogP contribution in [0.5, 0.6) is 0 Å². The van der Waals surface area contributed by atoms with Gasteiger partial charge in [-0.3, -0.25) is 19.1 Å². The lowest BCUT2D eigenvalue weighted by atomic mass is 9.33. The lowest BCUT2D eigenvalue weighted by Crippen LogP contribution is -2.65. The Morgan fingerprint density at radius 1 is 0.926 bits per heavy atom. The normalized spacial score (nSPS) is 35.9. The molecule has 4 saturated carbocycles. The summed E-state index contributed by atoms with van der Waals surface area (Å²) >= 11 is 6.20. The second-order valence-corrected chi connectivity index (χ2v) is 21.1. The Labute approximate surface area is 328 Å². The van der Waals surface area contributed by atoms with E-state index in [2.05, 4.69) is 53.1 Å². The van der Waals surface area contributed by atoms with Gasteiger partial charge in [-0.05, 0) is 154 Å². The number of esters is 1. The summed E-state index contributed by atoms with van der Waals surface area (Å²) in [5, 5.41) is 10.3. The van der Waals surface area contributed by atoms with E-state index in [1.165, 1.54) is 32.1 Å². The molecular formula is C46H65ClN2O5. The van der Waals surface area contributed by atoms with Crippen molar-refractivity contribution in [2.24, 2.45) is 63.2 Å². The predicted octanol–water partition coefficient (Wildman–Crippen LogP) is 10.6. The van der Waals surface area contributed by atoms with Crippen LogP contribution in [0, 0.1) is 56.2 Å².